The van der Waals surface area contributed by atoms with Crippen LogP contribution in [0.1, 0.15) is 56.1 Å². The summed E-state index contributed by atoms with van der Waals surface area (Å²) in [5.74, 6) is 0.861. The molecule has 40 heavy (non-hydrogen) atoms. The van der Waals surface area contributed by atoms with Gasteiger partial charge in [-0.2, -0.15) is 0 Å². The second kappa shape index (κ2) is 9.95. The number of amides is 1. The summed E-state index contributed by atoms with van der Waals surface area (Å²) in [7, 11) is -0.613. The Morgan fingerprint density at radius 1 is 1.00 bits per heavy atom. The number of carbonyl (C=O) groups excluding carboxylic acids is 1. The summed E-state index contributed by atoms with van der Waals surface area (Å²) in [6.07, 6.45) is 1.52. The molecule has 6 rings (SSSR count). The fourth-order valence-electron chi connectivity index (χ4n) is 5.48. The zero-order valence-corrected chi connectivity index (χ0v) is 23.6. The molecular weight excluding hydrogens is 501 g/mol. The Morgan fingerprint density at radius 3 is 2.27 bits per heavy atom. The molecule has 1 saturated heterocycles. The zero-order valence-electron chi connectivity index (χ0n) is 23.6. The van der Waals surface area contributed by atoms with Gasteiger partial charge in [0.2, 0.25) is 0 Å². The summed E-state index contributed by atoms with van der Waals surface area (Å²) in [5.41, 5.74) is 7.34. The van der Waals surface area contributed by atoms with Crippen molar-refractivity contribution < 1.29 is 18.8 Å². The van der Waals surface area contributed by atoms with Crippen molar-refractivity contribution in [1.29, 1.82) is 0 Å². The second-order valence-corrected chi connectivity index (χ2v) is 11.6. The van der Waals surface area contributed by atoms with Crippen LogP contribution in [-0.2, 0) is 14.0 Å². The number of imidazole rings is 1. The highest BCUT2D eigenvalue weighted by Crippen LogP contribution is 2.44. The molecule has 0 bridgehead atoms. The number of carbonyl (C=O) groups is 1. The van der Waals surface area contributed by atoms with Gasteiger partial charge in [-0.3, -0.25) is 0 Å². The first-order valence-electron chi connectivity index (χ1n) is 13.7. The number of aryl methyl sites for hydroxylation is 1. The molecule has 1 aromatic heterocycles. The van der Waals surface area contributed by atoms with E-state index >= 15 is 0 Å². The first kappa shape index (κ1) is 26.4. The van der Waals surface area contributed by atoms with Gasteiger partial charge in [0.1, 0.15) is 12.4 Å². The molecule has 2 N–H and O–H groups in total. The van der Waals surface area contributed by atoms with Crippen molar-refractivity contribution in [3.8, 4) is 11.1 Å². The Hall–Kier alpha value is -3.88. The van der Waals surface area contributed by atoms with Crippen LogP contribution in [0.2, 0.25) is 0 Å². The number of aromatic nitrogens is 2. The van der Waals surface area contributed by atoms with Gasteiger partial charge in [0.15, 0.2) is 0 Å². The normalized spacial score (nSPS) is 17.6. The van der Waals surface area contributed by atoms with Crippen LogP contribution in [0.5, 0.6) is 0 Å². The number of nitrogens with one attached hydrogen (secondary N) is 2. The van der Waals surface area contributed by atoms with E-state index in [1.807, 2.05) is 83.2 Å². The molecule has 2 aliphatic rings. The molecule has 7 nitrogen and oxygen atoms in total. The molecule has 8 heteroatoms. The summed E-state index contributed by atoms with van der Waals surface area (Å²) in [5, 5.41) is 2.94. The maximum absolute atomic E-state index is 13.0. The number of rotatable bonds is 6. The van der Waals surface area contributed by atoms with E-state index in [1.54, 1.807) is 0 Å². The van der Waals surface area contributed by atoms with Crippen LogP contribution in [0.4, 0.5) is 4.79 Å². The molecule has 1 amide bonds. The SMILES string of the molecule is Cc1nc2ccc(C=C(CNC(=O)OCC3c4ccccc4-c4ccccc43)B3OC(C)(C)C(C)(C)O3)cc2[nH]1. The summed E-state index contributed by atoms with van der Waals surface area (Å²) in [6.45, 7) is 10.5. The number of alkyl carbamates (subject to hydrolysis) is 1. The standard InChI is InChI=1S/C32H34BN3O4/c1-20-35-28-15-14-21(17-29(28)36-20)16-22(33-39-31(2,3)32(4,5)40-33)18-34-30(37)38-19-27-25-12-8-6-10-23(25)24-11-7-9-13-26(24)27/h6-17,27H,18-19H2,1-5H3,(H,34,37)(H,35,36). The maximum Gasteiger partial charge on any atom is 0.492 e. The number of hydrogen-bond donors (Lipinski definition) is 2. The maximum atomic E-state index is 13.0. The summed E-state index contributed by atoms with van der Waals surface area (Å²) in [4.78, 5) is 20.7. The minimum Gasteiger partial charge on any atom is -0.449 e. The highest BCUT2D eigenvalue weighted by atomic mass is 16.7. The van der Waals surface area contributed by atoms with Gasteiger partial charge in [0, 0.05) is 12.5 Å². The van der Waals surface area contributed by atoms with E-state index in [1.165, 1.54) is 22.3 Å². The van der Waals surface area contributed by atoms with E-state index in [9.17, 15) is 4.79 Å². The molecule has 2 heterocycles. The van der Waals surface area contributed by atoms with Gasteiger partial charge in [-0.15, -0.1) is 0 Å². The van der Waals surface area contributed by atoms with Crippen LogP contribution in [0.25, 0.3) is 28.2 Å². The first-order chi connectivity index (χ1) is 19.1. The van der Waals surface area contributed by atoms with Gasteiger partial charge in [-0.25, -0.2) is 9.78 Å². The lowest BCUT2D eigenvalue weighted by Crippen LogP contribution is -2.41. The minimum absolute atomic E-state index is 0.000786. The van der Waals surface area contributed by atoms with Crippen molar-refractivity contribution in [2.24, 2.45) is 0 Å². The van der Waals surface area contributed by atoms with Gasteiger partial charge in [-0.1, -0.05) is 60.7 Å². The fourth-order valence-corrected chi connectivity index (χ4v) is 5.48. The number of H-pyrrole nitrogens is 1. The summed E-state index contributed by atoms with van der Waals surface area (Å²) in [6, 6.07) is 22.6. The van der Waals surface area contributed by atoms with Gasteiger partial charge >= 0.3 is 13.2 Å². The lowest BCUT2D eigenvalue weighted by molar-refractivity contribution is 0.00578. The Bertz CT molecular complexity index is 1560. The van der Waals surface area contributed by atoms with Crippen molar-refractivity contribution in [1.82, 2.24) is 15.3 Å². The van der Waals surface area contributed by atoms with Crippen LogP contribution in [0.3, 0.4) is 0 Å². The van der Waals surface area contributed by atoms with E-state index in [0.29, 0.717) is 0 Å². The number of hydrogen-bond acceptors (Lipinski definition) is 5. The average Bonchev–Trinajstić information content (AvgIpc) is 3.52. The molecule has 0 spiro atoms. The van der Waals surface area contributed by atoms with Crippen LogP contribution in [0, 0.1) is 6.92 Å². The largest absolute Gasteiger partial charge is 0.492 e. The predicted molar refractivity (Wildman–Crippen MR) is 158 cm³/mol. The molecule has 1 aliphatic carbocycles. The van der Waals surface area contributed by atoms with Crippen molar-refractivity contribution in [3.63, 3.8) is 0 Å². The van der Waals surface area contributed by atoms with Crippen molar-refractivity contribution in [2.75, 3.05) is 13.2 Å². The third-order valence-electron chi connectivity index (χ3n) is 8.31. The van der Waals surface area contributed by atoms with Crippen LogP contribution >= 0.6 is 0 Å². The van der Waals surface area contributed by atoms with E-state index in [-0.39, 0.29) is 19.1 Å². The second-order valence-electron chi connectivity index (χ2n) is 11.6. The number of benzene rings is 3. The zero-order chi connectivity index (χ0) is 28.1. The van der Waals surface area contributed by atoms with E-state index in [2.05, 4.69) is 39.6 Å². The van der Waals surface area contributed by atoms with Gasteiger partial charge < -0.3 is 24.3 Å². The van der Waals surface area contributed by atoms with Crippen LogP contribution in [-0.4, -0.2) is 47.5 Å². The number of nitrogens with zero attached hydrogens (tertiary/aromatic N) is 1. The number of ether oxygens (including phenoxy) is 1. The molecule has 3 aromatic carbocycles. The van der Waals surface area contributed by atoms with Crippen LogP contribution in [0.15, 0.2) is 72.2 Å². The summed E-state index contributed by atoms with van der Waals surface area (Å²) < 4.78 is 18.5. The van der Waals surface area contributed by atoms with Crippen LogP contribution < -0.4 is 5.32 Å². The smallest absolute Gasteiger partial charge is 0.449 e. The predicted octanol–water partition coefficient (Wildman–Crippen LogP) is 6.42. The Morgan fingerprint density at radius 2 is 1.62 bits per heavy atom. The first-order valence-corrected chi connectivity index (χ1v) is 13.7. The molecular formula is C32H34BN3O4. The molecule has 0 unspecified atom stereocenters. The minimum atomic E-state index is -0.613. The van der Waals surface area contributed by atoms with Crippen molar-refractivity contribution in [3.05, 3.63) is 94.7 Å². The van der Waals surface area contributed by atoms with E-state index < -0.39 is 24.4 Å². The highest BCUT2D eigenvalue weighted by Gasteiger charge is 2.52. The van der Waals surface area contributed by atoms with Gasteiger partial charge in [-0.05, 0) is 80.0 Å². The van der Waals surface area contributed by atoms with E-state index in [4.69, 9.17) is 14.0 Å². The molecule has 0 atom stereocenters. The third-order valence-corrected chi connectivity index (χ3v) is 8.31. The lowest BCUT2D eigenvalue weighted by Gasteiger charge is -2.32. The molecule has 0 radical (unpaired) electrons. The quantitative estimate of drug-likeness (QED) is 0.278. The van der Waals surface area contributed by atoms with Crippen molar-refractivity contribution in [2.45, 2.75) is 51.7 Å². The third kappa shape index (κ3) is 4.82. The van der Waals surface area contributed by atoms with Gasteiger partial charge in [0.05, 0.1) is 22.2 Å². The lowest BCUT2D eigenvalue weighted by atomic mass is 9.77. The average molecular weight is 535 g/mol. The number of aromatic amines is 1. The monoisotopic (exact) mass is 535 g/mol. The molecule has 204 valence electrons. The Kier molecular flexibility index (Phi) is 6.55. The number of fused-ring (bicyclic) bond motifs is 4. The van der Waals surface area contributed by atoms with E-state index in [0.717, 1.165) is 27.9 Å². The fraction of sp³-hybridized carbons (Fsp3) is 0.312. The summed E-state index contributed by atoms with van der Waals surface area (Å²) >= 11 is 0. The Balaban J connectivity index is 1.19. The molecule has 4 aromatic rings. The Labute approximate surface area is 235 Å². The highest BCUT2D eigenvalue weighted by molar-refractivity contribution is 6.56. The van der Waals surface area contributed by atoms with Crippen molar-refractivity contribution >= 4 is 30.3 Å². The molecule has 1 aliphatic heterocycles. The molecule has 0 saturated carbocycles. The molecule has 1 fully saturated rings. The topological polar surface area (TPSA) is 85.5 Å². The van der Waals surface area contributed by atoms with Gasteiger partial charge in [0.25, 0.3) is 0 Å².